The Morgan fingerprint density at radius 1 is 0.831 bits per heavy atom. The van der Waals surface area contributed by atoms with E-state index in [4.69, 9.17) is 0 Å². The molecule has 6 rings (SSSR count). The third-order valence-electron chi connectivity index (χ3n) is 11.1. The number of aliphatic hydroxyl groups excluding tert-OH is 1. The predicted molar refractivity (Wildman–Crippen MR) is 239 cm³/mol. The van der Waals surface area contributed by atoms with Crippen molar-refractivity contribution in [2.45, 2.75) is 120 Å². The predicted octanol–water partition coefficient (Wildman–Crippen LogP) is 14.8. The van der Waals surface area contributed by atoms with Crippen molar-refractivity contribution in [3.8, 4) is 22.4 Å². The minimum absolute atomic E-state index is 0. The maximum atomic E-state index is 14.4. The molecule has 59 heavy (non-hydrogen) atoms. The fourth-order valence-electron chi connectivity index (χ4n) is 7.89. The van der Waals surface area contributed by atoms with E-state index >= 15 is 0 Å². The minimum atomic E-state index is -4.50. The van der Waals surface area contributed by atoms with Crippen molar-refractivity contribution >= 4 is 50.4 Å². The van der Waals surface area contributed by atoms with Gasteiger partial charge in [-0.3, -0.25) is 4.79 Å². The largest absolute Gasteiger partial charge is 0 e. The van der Waals surface area contributed by atoms with E-state index in [-0.39, 0.29) is 74.2 Å². The van der Waals surface area contributed by atoms with Crippen molar-refractivity contribution in [2.24, 2.45) is 17.3 Å². The Morgan fingerprint density at radius 2 is 1.47 bits per heavy atom. The second-order valence-corrected chi connectivity index (χ2v) is 20.0. The molecule has 0 saturated heterocycles. The van der Waals surface area contributed by atoms with Gasteiger partial charge in [-0.15, -0.1) is 0 Å². The van der Waals surface area contributed by atoms with Crippen molar-refractivity contribution in [3.63, 3.8) is 0 Å². The van der Waals surface area contributed by atoms with Crippen LogP contribution in [0.15, 0.2) is 84.8 Å². The van der Waals surface area contributed by atoms with E-state index in [9.17, 15) is 23.1 Å². The number of benzene rings is 4. The maximum absolute atomic E-state index is 14.4. The van der Waals surface area contributed by atoms with E-state index in [0.29, 0.717) is 15.3 Å². The Bertz CT molecular complexity index is 2440. The Kier molecular flexibility index (Phi) is 15.9. The van der Waals surface area contributed by atoms with Crippen molar-refractivity contribution < 1.29 is 43.2 Å². The molecule has 6 aromatic rings. The van der Waals surface area contributed by atoms with Gasteiger partial charge in [0.25, 0.3) is 0 Å². The molecule has 1 radical (unpaired) electrons. The van der Waals surface area contributed by atoms with Gasteiger partial charge < -0.3 is 5.11 Å². The number of pyridine rings is 1. The molecule has 2 heterocycles. The van der Waals surface area contributed by atoms with Crippen LogP contribution in [0, 0.1) is 30.2 Å². The summed E-state index contributed by atoms with van der Waals surface area (Å²) in [5.41, 5.74) is 6.43. The zero-order chi connectivity index (χ0) is 42.7. The van der Waals surface area contributed by atoms with Crippen LogP contribution in [-0.4, -0.2) is 30.4 Å². The fraction of sp³-hybridized carbons (Fsp3) is 0.412. The maximum Gasteiger partial charge on any atom is 0 e. The zero-order valence-corrected chi connectivity index (χ0v) is 40.5. The second-order valence-electron chi connectivity index (χ2n) is 17.8. The Morgan fingerprint density at radius 3 is 2.05 bits per heavy atom. The molecule has 317 valence electrons. The normalized spacial score (nSPS) is 12.6. The number of nitrogens with zero attached hydrogens (tertiary/aromatic N) is 1. The molecular formula is C51H59F3IrNO2Se-. The first-order valence-electron chi connectivity index (χ1n) is 20.6. The van der Waals surface area contributed by atoms with E-state index in [0.717, 1.165) is 75.6 Å². The van der Waals surface area contributed by atoms with Crippen molar-refractivity contribution in [2.75, 3.05) is 0 Å². The van der Waals surface area contributed by atoms with Crippen molar-refractivity contribution in [1.82, 2.24) is 4.98 Å². The first-order chi connectivity index (χ1) is 27.2. The summed E-state index contributed by atoms with van der Waals surface area (Å²) in [5.74, 6) is 0.547. The SMILES string of the molecule is CCC(CC)C(=O)/C=C(\O)C(CC)CC.Cc1cc(CC(C)(C)C)ccc1-c1ccc2c(c1)[se]c1c(-c3[c-]c4ccccc4c(C(C)(C)C)c3)ncc(C(F)(F)F)c12.[Ir]. The molecule has 0 unspecified atom stereocenters. The number of ketones is 1. The van der Waals surface area contributed by atoms with Crippen molar-refractivity contribution in [1.29, 1.82) is 0 Å². The Hall–Kier alpha value is -3.54. The Labute approximate surface area is 369 Å². The zero-order valence-electron chi connectivity index (χ0n) is 36.4. The number of aromatic nitrogens is 1. The van der Waals surface area contributed by atoms with Gasteiger partial charge in [0.05, 0.1) is 5.76 Å². The van der Waals surface area contributed by atoms with Gasteiger partial charge in [0, 0.05) is 38.0 Å². The van der Waals surface area contributed by atoms with Crippen LogP contribution < -0.4 is 0 Å². The average Bonchev–Trinajstić information content (AvgIpc) is 3.52. The summed E-state index contributed by atoms with van der Waals surface area (Å²) >= 11 is -0.355. The minimum Gasteiger partial charge on any atom is 0 e. The number of aryl methyl sites for hydroxylation is 1. The van der Waals surface area contributed by atoms with Crippen LogP contribution in [-0.2, 0) is 42.9 Å². The molecule has 2 aromatic heterocycles. The summed E-state index contributed by atoms with van der Waals surface area (Å²) in [5, 5.41) is 12.7. The molecule has 0 spiro atoms. The van der Waals surface area contributed by atoms with E-state index in [1.807, 2.05) is 58.0 Å². The summed E-state index contributed by atoms with van der Waals surface area (Å²) in [4.78, 5) is 16.2. The first kappa shape index (κ1) is 48.1. The number of alkyl halides is 3. The molecule has 0 aliphatic rings. The molecule has 0 fully saturated rings. The topological polar surface area (TPSA) is 50.2 Å². The smallest absolute Gasteiger partial charge is 0 e. The van der Waals surface area contributed by atoms with Crippen LogP contribution in [0.5, 0.6) is 0 Å². The monoisotopic (exact) mass is 1050 g/mol. The molecule has 8 heteroatoms. The van der Waals surface area contributed by atoms with Crippen LogP contribution in [0.4, 0.5) is 13.2 Å². The van der Waals surface area contributed by atoms with Crippen LogP contribution in [0.25, 0.3) is 52.4 Å². The number of hydrogen-bond acceptors (Lipinski definition) is 3. The Balaban J connectivity index is 0.000000411. The number of carbonyl (C=O) groups is 1. The molecule has 1 N–H and O–H groups in total. The summed E-state index contributed by atoms with van der Waals surface area (Å²) in [6.45, 7) is 23.3. The van der Waals surface area contributed by atoms with Gasteiger partial charge in [0.15, 0.2) is 5.78 Å². The number of fused-ring (bicyclic) bond motifs is 4. The molecule has 0 aliphatic heterocycles. The number of carbonyl (C=O) groups excluding carboxylic acids is 1. The molecule has 0 bridgehead atoms. The van der Waals surface area contributed by atoms with Crippen LogP contribution >= 0.6 is 0 Å². The van der Waals surface area contributed by atoms with E-state index in [1.165, 1.54) is 17.2 Å². The van der Waals surface area contributed by atoms with Crippen LogP contribution in [0.1, 0.15) is 117 Å². The number of aliphatic hydroxyl groups is 1. The number of allylic oxidation sites excluding steroid dienone is 2. The number of rotatable bonds is 10. The molecule has 0 aliphatic carbocycles. The number of hydrogen-bond donors (Lipinski definition) is 1. The van der Waals surface area contributed by atoms with Gasteiger partial charge in [-0.1, -0.05) is 27.7 Å². The summed E-state index contributed by atoms with van der Waals surface area (Å²) in [6, 6.07) is 26.2. The molecular weight excluding hydrogens is 987 g/mol. The van der Waals surface area contributed by atoms with E-state index in [1.54, 1.807) is 0 Å². The molecule has 3 nitrogen and oxygen atoms in total. The average molecular weight is 1050 g/mol. The first-order valence-corrected chi connectivity index (χ1v) is 22.3. The third kappa shape index (κ3) is 11.2. The molecule has 0 saturated carbocycles. The van der Waals surface area contributed by atoms with Gasteiger partial charge >= 0.3 is 258 Å². The van der Waals surface area contributed by atoms with Gasteiger partial charge in [-0.2, -0.15) is 0 Å². The van der Waals surface area contributed by atoms with Gasteiger partial charge in [0.2, 0.25) is 0 Å². The molecule has 4 aromatic carbocycles. The quantitative estimate of drug-likeness (QED) is 0.0644. The summed E-state index contributed by atoms with van der Waals surface area (Å²) in [6.07, 6.45) is 2.40. The van der Waals surface area contributed by atoms with Gasteiger partial charge in [-0.25, -0.2) is 0 Å². The third-order valence-corrected chi connectivity index (χ3v) is 13.5. The summed E-state index contributed by atoms with van der Waals surface area (Å²) in [7, 11) is 0. The summed E-state index contributed by atoms with van der Waals surface area (Å²) < 4.78 is 44.9. The van der Waals surface area contributed by atoms with Crippen LogP contribution in [0.2, 0.25) is 0 Å². The fourth-order valence-corrected chi connectivity index (χ4v) is 10.5. The standard InChI is InChI=1S/C38H35F3NSe.C13H24O2.Ir/c1-22-16-23(20-36(2,3)4)12-14-27(22)25-13-15-29-32(19-25)43-35-33(29)31(38(39,40)41)21-42-34(35)26-17-24-10-8-9-11-28(24)30(18-26)37(5,6)7;1-5-10(6-2)12(14)9-13(15)11(7-3)8-4;/h8-16,18-19,21H,20H2,1-7H3;9-11,14H,5-8H2,1-4H3;/q-1;;/b;12-9-;. The van der Waals surface area contributed by atoms with E-state index in [2.05, 4.69) is 95.9 Å². The van der Waals surface area contributed by atoms with E-state index < -0.39 is 11.7 Å². The van der Waals surface area contributed by atoms with Crippen LogP contribution in [0.3, 0.4) is 0 Å². The van der Waals surface area contributed by atoms with Gasteiger partial charge in [0.1, 0.15) is 0 Å². The second kappa shape index (κ2) is 19.4. The van der Waals surface area contributed by atoms with Crippen molar-refractivity contribution in [3.05, 3.63) is 113 Å². The molecule has 0 amide bonds. The molecule has 0 atom stereocenters. The number of halogens is 3. The van der Waals surface area contributed by atoms with Gasteiger partial charge in [-0.05, 0) is 25.7 Å².